The van der Waals surface area contributed by atoms with Crippen LogP contribution < -0.4 is 14.4 Å². The van der Waals surface area contributed by atoms with Gasteiger partial charge in [-0.25, -0.2) is 8.42 Å². The van der Waals surface area contributed by atoms with E-state index < -0.39 is 22.0 Å². The molecule has 1 N–H and O–H groups in total. The lowest BCUT2D eigenvalue weighted by Gasteiger charge is -2.33. The molecule has 1 atom stereocenters. The highest BCUT2D eigenvalue weighted by Gasteiger charge is 2.27. The first-order valence-corrected chi connectivity index (χ1v) is 13.9. The van der Waals surface area contributed by atoms with Crippen LogP contribution in [0.1, 0.15) is 24.0 Å². The normalized spacial score (nSPS) is 15.2. The second-order valence-electron chi connectivity index (χ2n) is 9.31. The Kier molecular flexibility index (Phi) is 8.78. The number of aromatic nitrogens is 1. The molecule has 1 aliphatic rings. The van der Waals surface area contributed by atoms with Gasteiger partial charge in [0.1, 0.15) is 11.8 Å². The molecule has 9 heteroatoms. The fourth-order valence-corrected chi connectivity index (χ4v) is 5.56. The third-order valence-corrected chi connectivity index (χ3v) is 8.09. The molecule has 1 unspecified atom stereocenters. The third kappa shape index (κ3) is 7.30. The molecule has 196 valence electrons. The van der Waals surface area contributed by atoms with Crippen LogP contribution in [0.25, 0.3) is 0 Å². The van der Waals surface area contributed by atoms with Gasteiger partial charge in [0.2, 0.25) is 10.0 Å². The molecule has 0 aliphatic carbocycles. The lowest BCUT2D eigenvalue weighted by Crippen LogP contribution is -2.42. The van der Waals surface area contributed by atoms with Crippen molar-refractivity contribution in [3.05, 3.63) is 84.2 Å². The number of carbonyl (C=O) groups excluding carboxylic acids is 1. The van der Waals surface area contributed by atoms with Crippen LogP contribution in [0.5, 0.6) is 5.75 Å². The van der Waals surface area contributed by atoms with Crippen LogP contribution in [0.2, 0.25) is 0 Å². The molecular weight excluding hydrogens is 490 g/mol. The highest BCUT2D eigenvalue weighted by atomic mass is 32.2. The van der Waals surface area contributed by atoms with Crippen LogP contribution in [-0.4, -0.2) is 52.2 Å². The number of esters is 1. The lowest BCUT2D eigenvalue weighted by atomic mass is 9.97. The number of nitrogens with zero attached hydrogens (tertiary/aromatic N) is 2. The molecule has 1 saturated heterocycles. The summed E-state index contributed by atoms with van der Waals surface area (Å²) in [6.07, 6.45) is 5.91. The van der Waals surface area contributed by atoms with E-state index in [1.54, 1.807) is 12.1 Å². The molecule has 2 aromatic carbocycles. The number of nitrogens with one attached hydrogen (secondary N) is 1. The van der Waals surface area contributed by atoms with E-state index in [1.807, 2.05) is 55.7 Å². The maximum absolute atomic E-state index is 12.8. The Morgan fingerprint density at radius 3 is 2.30 bits per heavy atom. The minimum Gasteiger partial charge on any atom is -0.493 e. The van der Waals surface area contributed by atoms with Crippen molar-refractivity contribution in [2.24, 2.45) is 5.92 Å². The van der Waals surface area contributed by atoms with Gasteiger partial charge in [-0.2, -0.15) is 4.72 Å². The Balaban J connectivity index is 1.30. The molecule has 0 saturated carbocycles. The van der Waals surface area contributed by atoms with Crippen molar-refractivity contribution in [1.82, 2.24) is 9.71 Å². The first-order valence-electron chi connectivity index (χ1n) is 12.4. The highest BCUT2D eigenvalue weighted by Crippen LogP contribution is 2.24. The predicted molar refractivity (Wildman–Crippen MR) is 142 cm³/mol. The first-order chi connectivity index (χ1) is 17.8. The Morgan fingerprint density at radius 2 is 1.68 bits per heavy atom. The molecular formula is C28H33N3O5S. The zero-order valence-electron chi connectivity index (χ0n) is 21.2. The van der Waals surface area contributed by atoms with Crippen molar-refractivity contribution >= 4 is 21.7 Å². The number of anilines is 1. The maximum atomic E-state index is 12.8. The summed E-state index contributed by atoms with van der Waals surface area (Å²) in [6.45, 7) is 4.50. The van der Waals surface area contributed by atoms with Crippen LogP contribution in [0, 0.1) is 12.8 Å². The number of rotatable bonds is 10. The number of piperidine rings is 1. The summed E-state index contributed by atoms with van der Waals surface area (Å²) >= 11 is 0. The monoisotopic (exact) mass is 523 g/mol. The number of benzene rings is 2. The van der Waals surface area contributed by atoms with E-state index in [2.05, 4.69) is 14.6 Å². The average Bonchev–Trinajstić information content (AvgIpc) is 2.93. The minimum absolute atomic E-state index is 0.0994. The number of methoxy groups -OCH3 is 1. The first kappa shape index (κ1) is 26.6. The molecule has 1 fully saturated rings. The number of ether oxygens (including phenoxy) is 2. The zero-order valence-corrected chi connectivity index (χ0v) is 22.0. The molecule has 37 heavy (non-hydrogen) atoms. The molecule has 8 nitrogen and oxygen atoms in total. The third-order valence-electron chi connectivity index (χ3n) is 6.61. The molecule has 0 radical (unpaired) electrons. The van der Waals surface area contributed by atoms with E-state index in [4.69, 9.17) is 9.47 Å². The smallest absolute Gasteiger partial charge is 0.324 e. The van der Waals surface area contributed by atoms with Gasteiger partial charge >= 0.3 is 5.97 Å². The summed E-state index contributed by atoms with van der Waals surface area (Å²) < 4.78 is 39.0. The minimum atomic E-state index is -3.88. The Hall–Kier alpha value is -3.43. The Morgan fingerprint density at radius 1 is 1.03 bits per heavy atom. The number of pyridine rings is 1. The van der Waals surface area contributed by atoms with Crippen LogP contribution in [0.4, 0.5) is 5.69 Å². The molecule has 0 amide bonds. The van der Waals surface area contributed by atoms with Crippen molar-refractivity contribution < 1.29 is 22.7 Å². The summed E-state index contributed by atoms with van der Waals surface area (Å²) in [6, 6.07) is 16.9. The van der Waals surface area contributed by atoms with Gasteiger partial charge in [0, 0.05) is 31.2 Å². The van der Waals surface area contributed by atoms with Crippen molar-refractivity contribution in [2.75, 3.05) is 31.7 Å². The second kappa shape index (κ2) is 12.2. The maximum Gasteiger partial charge on any atom is 0.324 e. The lowest BCUT2D eigenvalue weighted by molar-refractivity contribution is -0.142. The average molecular weight is 524 g/mol. The SMILES string of the molecule is COC(=O)C(Cc1ccc(OCC2CCN(c3ccncc3)CC2)cc1)NS(=O)(=O)c1ccc(C)cc1. The summed E-state index contributed by atoms with van der Waals surface area (Å²) in [4.78, 5) is 18.9. The quantitative estimate of drug-likeness (QED) is 0.404. The van der Waals surface area contributed by atoms with Gasteiger partial charge in [0.25, 0.3) is 0 Å². The van der Waals surface area contributed by atoms with E-state index >= 15 is 0 Å². The summed E-state index contributed by atoms with van der Waals surface area (Å²) in [5.74, 6) is 0.585. The van der Waals surface area contributed by atoms with E-state index in [0.717, 1.165) is 42.8 Å². The number of hydrogen-bond acceptors (Lipinski definition) is 7. The van der Waals surface area contributed by atoms with Gasteiger partial charge in [-0.15, -0.1) is 0 Å². The predicted octanol–water partition coefficient (Wildman–Crippen LogP) is 3.75. The van der Waals surface area contributed by atoms with Crippen LogP contribution in [0.15, 0.2) is 78.0 Å². The van der Waals surface area contributed by atoms with E-state index in [0.29, 0.717) is 12.5 Å². The molecule has 0 spiro atoms. The fourth-order valence-electron chi connectivity index (χ4n) is 4.37. The van der Waals surface area contributed by atoms with Gasteiger partial charge in [-0.1, -0.05) is 29.8 Å². The molecule has 4 rings (SSSR count). The molecule has 0 bridgehead atoms. The number of sulfonamides is 1. The van der Waals surface area contributed by atoms with Crippen molar-refractivity contribution in [3.8, 4) is 5.75 Å². The van der Waals surface area contributed by atoms with Crippen molar-refractivity contribution in [1.29, 1.82) is 0 Å². The number of hydrogen-bond donors (Lipinski definition) is 1. The van der Waals surface area contributed by atoms with Gasteiger partial charge in [0.15, 0.2) is 0 Å². The molecule has 3 aromatic rings. The van der Waals surface area contributed by atoms with E-state index in [-0.39, 0.29) is 11.3 Å². The Bertz CT molecular complexity index is 1260. The summed E-state index contributed by atoms with van der Waals surface area (Å²) in [5.41, 5.74) is 2.94. The van der Waals surface area contributed by atoms with Crippen LogP contribution >= 0.6 is 0 Å². The largest absolute Gasteiger partial charge is 0.493 e. The standard InChI is InChI=1S/C28H33N3O5S/c1-21-3-9-26(10-4-21)37(33,34)30-27(28(32)35-2)19-22-5-7-25(8-6-22)36-20-23-13-17-31(18-14-23)24-11-15-29-16-12-24/h3-12,15-16,23,27,30H,13-14,17-20H2,1-2H3. The Labute approximate surface area is 218 Å². The molecule has 2 heterocycles. The van der Waals surface area contributed by atoms with Gasteiger partial charge < -0.3 is 14.4 Å². The topological polar surface area (TPSA) is 97.8 Å². The fraction of sp³-hybridized carbons (Fsp3) is 0.357. The van der Waals surface area contributed by atoms with Crippen LogP contribution in [0.3, 0.4) is 0 Å². The van der Waals surface area contributed by atoms with E-state index in [1.165, 1.54) is 24.9 Å². The summed E-state index contributed by atoms with van der Waals surface area (Å²) in [7, 11) is -2.64. The van der Waals surface area contributed by atoms with Gasteiger partial charge in [-0.3, -0.25) is 9.78 Å². The van der Waals surface area contributed by atoms with Crippen LogP contribution in [-0.2, 0) is 26.0 Å². The number of carbonyl (C=O) groups is 1. The van der Waals surface area contributed by atoms with Crippen molar-refractivity contribution in [2.45, 2.75) is 37.1 Å². The second-order valence-corrected chi connectivity index (χ2v) is 11.0. The molecule has 1 aromatic heterocycles. The zero-order chi connectivity index (χ0) is 26.3. The summed E-state index contributed by atoms with van der Waals surface area (Å²) in [5, 5.41) is 0. The van der Waals surface area contributed by atoms with Gasteiger partial charge in [-0.05, 0) is 74.1 Å². The van der Waals surface area contributed by atoms with Crippen molar-refractivity contribution in [3.63, 3.8) is 0 Å². The highest BCUT2D eigenvalue weighted by molar-refractivity contribution is 7.89. The van der Waals surface area contributed by atoms with E-state index in [9.17, 15) is 13.2 Å². The van der Waals surface area contributed by atoms with Gasteiger partial charge in [0.05, 0.1) is 18.6 Å². The molecule has 1 aliphatic heterocycles. The number of aryl methyl sites for hydroxylation is 1.